The highest BCUT2D eigenvalue weighted by molar-refractivity contribution is 5.90. The van der Waals surface area contributed by atoms with E-state index in [9.17, 15) is 13.6 Å². The monoisotopic (exact) mass is 252 g/mol. The van der Waals surface area contributed by atoms with Crippen LogP contribution in [0.2, 0.25) is 0 Å². The second-order valence-electron chi connectivity index (χ2n) is 3.55. The number of carbonyl (C=O) groups excluding carboxylic acids is 1. The normalized spacial score (nSPS) is 10.3. The molecule has 0 aliphatic rings. The van der Waals surface area contributed by atoms with E-state index in [0.29, 0.717) is 0 Å². The summed E-state index contributed by atoms with van der Waals surface area (Å²) in [5.74, 6) is -2.14. The minimum Gasteiger partial charge on any atom is -0.349 e. The van der Waals surface area contributed by atoms with E-state index >= 15 is 0 Å². The third-order valence-corrected chi connectivity index (χ3v) is 2.34. The number of hydrogen-bond acceptors (Lipinski definition) is 3. The molecular formula is C11H10F2N4O. The van der Waals surface area contributed by atoms with E-state index in [0.717, 1.165) is 6.07 Å². The SMILES string of the molecule is O=C(NCCc1cccc(F)c1F)c1ncn[nH]1. The van der Waals surface area contributed by atoms with Gasteiger partial charge in [0.25, 0.3) is 5.91 Å². The Bertz CT molecular complexity index is 542. The van der Waals surface area contributed by atoms with Gasteiger partial charge in [0.15, 0.2) is 11.6 Å². The molecule has 0 saturated carbocycles. The van der Waals surface area contributed by atoms with Crippen LogP contribution < -0.4 is 5.32 Å². The molecular weight excluding hydrogens is 242 g/mol. The van der Waals surface area contributed by atoms with Gasteiger partial charge in [0.2, 0.25) is 5.82 Å². The van der Waals surface area contributed by atoms with Crippen molar-refractivity contribution in [3.05, 3.63) is 47.5 Å². The Morgan fingerprint density at radius 2 is 2.22 bits per heavy atom. The van der Waals surface area contributed by atoms with Gasteiger partial charge in [0, 0.05) is 6.54 Å². The molecule has 0 saturated heterocycles. The highest BCUT2D eigenvalue weighted by Gasteiger charge is 2.10. The number of amides is 1. The Labute approximate surface area is 101 Å². The largest absolute Gasteiger partial charge is 0.349 e. The summed E-state index contributed by atoms with van der Waals surface area (Å²) >= 11 is 0. The van der Waals surface area contributed by atoms with Gasteiger partial charge in [-0.25, -0.2) is 13.8 Å². The average molecular weight is 252 g/mol. The van der Waals surface area contributed by atoms with E-state index in [4.69, 9.17) is 0 Å². The molecule has 0 radical (unpaired) electrons. The van der Waals surface area contributed by atoms with Gasteiger partial charge in [-0.05, 0) is 18.1 Å². The molecule has 0 aliphatic carbocycles. The Hall–Kier alpha value is -2.31. The van der Waals surface area contributed by atoms with Crippen molar-refractivity contribution in [2.24, 2.45) is 0 Å². The number of rotatable bonds is 4. The molecule has 0 unspecified atom stereocenters. The first-order valence-electron chi connectivity index (χ1n) is 5.25. The molecule has 0 fully saturated rings. The fourth-order valence-electron chi connectivity index (χ4n) is 1.45. The first-order valence-corrected chi connectivity index (χ1v) is 5.25. The van der Waals surface area contributed by atoms with E-state index in [1.54, 1.807) is 0 Å². The molecule has 0 aliphatic heterocycles. The van der Waals surface area contributed by atoms with Crippen LogP contribution in [0.25, 0.3) is 0 Å². The van der Waals surface area contributed by atoms with Gasteiger partial charge in [-0.3, -0.25) is 9.89 Å². The lowest BCUT2D eigenvalue weighted by molar-refractivity contribution is 0.0944. The van der Waals surface area contributed by atoms with Crippen LogP contribution in [-0.4, -0.2) is 27.6 Å². The lowest BCUT2D eigenvalue weighted by atomic mass is 10.1. The van der Waals surface area contributed by atoms with Crippen LogP contribution in [0.15, 0.2) is 24.5 Å². The summed E-state index contributed by atoms with van der Waals surface area (Å²) in [6, 6.07) is 3.94. The zero-order valence-electron chi connectivity index (χ0n) is 9.28. The number of aromatic nitrogens is 3. The van der Waals surface area contributed by atoms with Gasteiger partial charge in [0.05, 0.1) is 0 Å². The van der Waals surface area contributed by atoms with Crippen LogP contribution in [0.3, 0.4) is 0 Å². The molecule has 5 nitrogen and oxygen atoms in total. The Morgan fingerprint density at radius 1 is 1.39 bits per heavy atom. The topological polar surface area (TPSA) is 70.7 Å². The van der Waals surface area contributed by atoms with E-state index in [2.05, 4.69) is 20.5 Å². The van der Waals surface area contributed by atoms with Crippen LogP contribution in [0.5, 0.6) is 0 Å². The first-order chi connectivity index (χ1) is 8.68. The summed E-state index contributed by atoms with van der Waals surface area (Å²) in [6.45, 7) is 0.180. The van der Waals surface area contributed by atoms with Crippen molar-refractivity contribution in [3.63, 3.8) is 0 Å². The molecule has 2 N–H and O–H groups in total. The number of nitrogens with one attached hydrogen (secondary N) is 2. The van der Waals surface area contributed by atoms with Crippen molar-refractivity contribution in [2.75, 3.05) is 6.54 Å². The molecule has 0 spiro atoms. The Balaban J connectivity index is 1.89. The van der Waals surface area contributed by atoms with Crippen LogP contribution in [0.1, 0.15) is 16.2 Å². The number of halogens is 2. The molecule has 94 valence electrons. The Kier molecular flexibility index (Phi) is 3.61. The van der Waals surface area contributed by atoms with E-state index in [-0.39, 0.29) is 24.4 Å². The molecule has 0 atom stereocenters. The minimum absolute atomic E-state index is 0.0784. The smallest absolute Gasteiger partial charge is 0.288 e. The maximum absolute atomic E-state index is 13.3. The van der Waals surface area contributed by atoms with E-state index < -0.39 is 17.5 Å². The molecule has 7 heteroatoms. The average Bonchev–Trinajstić information content (AvgIpc) is 2.88. The standard InChI is InChI=1S/C11H10F2N4O/c12-8-3-1-2-7(9(8)13)4-5-14-11(18)10-15-6-16-17-10/h1-3,6H,4-5H2,(H,14,18)(H,15,16,17). The Morgan fingerprint density at radius 3 is 2.94 bits per heavy atom. The maximum atomic E-state index is 13.3. The highest BCUT2D eigenvalue weighted by atomic mass is 19.2. The molecule has 1 heterocycles. The third-order valence-electron chi connectivity index (χ3n) is 2.34. The van der Waals surface area contributed by atoms with Gasteiger partial charge in [-0.15, -0.1) is 0 Å². The van der Waals surface area contributed by atoms with E-state index in [1.165, 1.54) is 18.5 Å². The van der Waals surface area contributed by atoms with Crippen molar-refractivity contribution >= 4 is 5.91 Å². The summed E-state index contributed by atoms with van der Waals surface area (Å²) in [6.07, 6.45) is 1.41. The van der Waals surface area contributed by atoms with Gasteiger partial charge in [-0.1, -0.05) is 12.1 Å². The van der Waals surface area contributed by atoms with Crippen molar-refractivity contribution in [1.29, 1.82) is 0 Å². The third kappa shape index (κ3) is 2.68. The summed E-state index contributed by atoms with van der Waals surface area (Å²) in [4.78, 5) is 15.1. The number of hydrogen-bond donors (Lipinski definition) is 2. The molecule has 2 aromatic rings. The zero-order valence-corrected chi connectivity index (χ0v) is 9.28. The predicted molar refractivity (Wildman–Crippen MR) is 58.8 cm³/mol. The molecule has 1 aromatic heterocycles. The van der Waals surface area contributed by atoms with Crippen LogP contribution in [0, 0.1) is 11.6 Å². The quantitative estimate of drug-likeness (QED) is 0.854. The van der Waals surface area contributed by atoms with Crippen LogP contribution in [-0.2, 0) is 6.42 Å². The van der Waals surface area contributed by atoms with Crippen LogP contribution in [0.4, 0.5) is 8.78 Å². The number of carbonyl (C=O) groups is 1. The fraction of sp³-hybridized carbons (Fsp3) is 0.182. The predicted octanol–water partition coefficient (Wildman–Crippen LogP) is 1.06. The highest BCUT2D eigenvalue weighted by Crippen LogP contribution is 2.11. The number of H-pyrrole nitrogens is 1. The summed E-state index contributed by atoms with van der Waals surface area (Å²) < 4.78 is 26.2. The summed E-state index contributed by atoms with van der Waals surface area (Å²) in [7, 11) is 0. The van der Waals surface area contributed by atoms with Gasteiger partial charge in [0.1, 0.15) is 6.33 Å². The van der Waals surface area contributed by atoms with E-state index in [1.807, 2.05) is 0 Å². The van der Waals surface area contributed by atoms with Crippen molar-refractivity contribution in [2.45, 2.75) is 6.42 Å². The molecule has 1 aromatic carbocycles. The number of nitrogens with zero attached hydrogens (tertiary/aromatic N) is 2. The second-order valence-corrected chi connectivity index (χ2v) is 3.55. The van der Waals surface area contributed by atoms with Crippen molar-refractivity contribution in [1.82, 2.24) is 20.5 Å². The second kappa shape index (κ2) is 5.35. The zero-order chi connectivity index (χ0) is 13.0. The minimum atomic E-state index is -0.894. The lowest BCUT2D eigenvalue weighted by Gasteiger charge is -2.05. The number of benzene rings is 1. The molecule has 0 bridgehead atoms. The van der Waals surface area contributed by atoms with Gasteiger partial charge in [-0.2, -0.15) is 5.10 Å². The number of aromatic amines is 1. The molecule has 1 amide bonds. The maximum Gasteiger partial charge on any atom is 0.288 e. The summed E-state index contributed by atoms with van der Waals surface area (Å²) in [5, 5.41) is 8.45. The molecule has 18 heavy (non-hydrogen) atoms. The fourth-order valence-corrected chi connectivity index (χ4v) is 1.45. The van der Waals surface area contributed by atoms with Crippen LogP contribution >= 0.6 is 0 Å². The lowest BCUT2D eigenvalue weighted by Crippen LogP contribution is -2.27. The van der Waals surface area contributed by atoms with Gasteiger partial charge < -0.3 is 5.32 Å². The summed E-state index contributed by atoms with van der Waals surface area (Å²) in [5.41, 5.74) is 0.216. The first kappa shape index (κ1) is 12.2. The molecule has 2 rings (SSSR count). The van der Waals surface area contributed by atoms with Crippen molar-refractivity contribution in [3.8, 4) is 0 Å². The van der Waals surface area contributed by atoms with Gasteiger partial charge >= 0.3 is 0 Å². The van der Waals surface area contributed by atoms with Crippen molar-refractivity contribution < 1.29 is 13.6 Å².